The maximum Gasteiger partial charge on any atom is 0.340 e. The Hall–Kier alpha value is -0.950. The summed E-state index contributed by atoms with van der Waals surface area (Å²) in [5.41, 5.74) is 0.904. The van der Waals surface area contributed by atoms with Crippen molar-refractivity contribution < 1.29 is 9.53 Å². The summed E-state index contributed by atoms with van der Waals surface area (Å²) in [6.07, 6.45) is 1.32. The molecule has 1 aromatic heterocycles. The van der Waals surface area contributed by atoms with Crippen LogP contribution in [0, 0.1) is 3.57 Å². The van der Waals surface area contributed by atoms with Crippen molar-refractivity contribution in [1.82, 2.24) is 9.97 Å². The minimum atomic E-state index is -0.432. The van der Waals surface area contributed by atoms with Crippen LogP contribution < -0.4 is 0 Å². The fourth-order valence-electron chi connectivity index (χ4n) is 1.37. The summed E-state index contributed by atoms with van der Waals surface area (Å²) < 4.78 is 5.57. The lowest BCUT2D eigenvalue weighted by atomic mass is 10.1. The van der Waals surface area contributed by atoms with E-state index >= 15 is 0 Å². The second kappa shape index (κ2) is 4.50. The average molecular weight is 349 g/mol. The third kappa shape index (κ3) is 1.97. The number of rotatable bonds is 1. The highest BCUT2D eigenvalue weighted by Crippen LogP contribution is 2.25. The third-order valence-corrected chi connectivity index (χ3v) is 2.98. The quantitative estimate of drug-likeness (QED) is 0.452. The number of carbonyl (C=O) groups is 1. The zero-order chi connectivity index (χ0) is 11.7. The fraction of sp³-hybridized carbons (Fsp3) is 0.100. The predicted molar refractivity (Wildman–Crippen MR) is 68.6 cm³/mol. The molecule has 0 spiro atoms. The van der Waals surface area contributed by atoms with Gasteiger partial charge >= 0.3 is 5.97 Å². The van der Waals surface area contributed by atoms with Crippen molar-refractivity contribution >= 4 is 51.1 Å². The Labute approximate surface area is 110 Å². The number of hydrogen-bond acceptors (Lipinski definition) is 4. The lowest BCUT2D eigenvalue weighted by Crippen LogP contribution is -2.04. The monoisotopic (exact) mass is 348 g/mol. The van der Waals surface area contributed by atoms with Gasteiger partial charge < -0.3 is 4.74 Å². The molecule has 0 bridgehead atoms. The van der Waals surface area contributed by atoms with Crippen molar-refractivity contribution in [2.75, 3.05) is 7.11 Å². The van der Waals surface area contributed by atoms with E-state index in [1.54, 1.807) is 6.07 Å². The van der Waals surface area contributed by atoms with Crippen LogP contribution >= 0.6 is 34.2 Å². The van der Waals surface area contributed by atoms with E-state index in [0.29, 0.717) is 21.6 Å². The molecule has 1 aromatic carbocycles. The number of carbonyl (C=O) groups excluding carboxylic acids is 1. The van der Waals surface area contributed by atoms with E-state index in [-0.39, 0.29) is 0 Å². The highest BCUT2D eigenvalue weighted by Gasteiger charge is 2.14. The first kappa shape index (κ1) is 11.5. The SMILES string of the molecule is COC(=O)c1cc(I)cc2c(Cl)ncnc12. The Balaban J connectivity index is 2.83. The van der Waals surface area contributed by atoms with Gasteiger partial charge in [0, 0.05) is 8.96 Å². The molecule has 0 atom stereocenters. The van der Waals surface area contributed by atoms with Gasteiger partial charge in [-0.05, 0) is 34.7 Å². The van der Waals surface area contributed by atoms with E-state index < -0.39 is 5.97 Å². The first-order chi connectivity index (χ1) is 7.63. The molecule has 2 rings (SSSR count). The normalized spacial score (nSPS) is 10.4. The number of benzene rings is 1. The Bertz CT molecular complexity index is 574. The summed E-state index contributed by atoms with van der Waals surface area (Å²) in [5, 5.41) is 0.977. The fourth-order valence-corrected chi connectivity index (χ4v) is 2.18. The Kier molecular flexibility index (Phi) is 3.25. The van der Waals surface area contributed by atoms with Gasteiger partial charge in [-0.1, -0.05) is 11.6 Å². The van der Waals surface area contributed by atoms with Gasteiger partial charge in [0.1, 0.15) is 11.5 Å². The van der Waals surface area contributed by atoms with Gasteiger partial charge in [0.25, 0.3) is 0 Å². The largest absolute Gasteiger partial charge is 0.465 e. The molecule has 1 heterocycles. The molecule has 0 aliphatic heterocycles. The topological polar surface area (TPSA) is 52.1 Å². The minimum Gasteiger partial charge on any atom is -0.465 e. The van der Waals surface area contributed by atoms with E-state index in [9.17, 15) is 4.79 Å². The number of methoxy groups -OCH3 is 1. The van der Waals surface area contributed by atoms with Crippen LogP contribution in [0.4, 0.5) is 0 Å². The summed E-state index contributed by atoms with van der Waals surface area (Å²) in [6, 6.07) is 3.53. The second-order valence-corrected chi connectivity index (χ2v) is 4.61. The maximum absolute atomic E-state index is 11.6. The third-order valence-electron chi connectivity index (χ3n) is 2.06. The summed E-state index contributed by atoms with van der Waals surface area (Å²) >= 11 is 8.04. The maximum atomic E-state index is 11.6. The van der Waals surface area contributed by atoms with Gasteiger partial charge in [-0.2, -0.15) is 0 Å². The van der Waals surface area contributed by atoms with Crippen molar-refractivity contribution in [1.29, 1.82) is 0 Å². The van der Waals surface area contributed by atoms with E-state index in [1.165, 1.54) is 13.4 Å². The molecule has 0 saturated carbocycles. The van der Waals surface area contributed by atoms with Crippen LogP contribution in [0.5, 0.6) is 0 Å². The van der Waals surface area contributed by atoms with Crippen LogP contribution in [-0.4, -0.2) is 23.0 Å². The molecule has 0 fully saturated rings. The number of aromatic nitrogens is 2. The number of hydrogen-bond donors (Lipinski definition) is 0. The van der Waals surface area contributed by atoms with Gasteiger partial charge in [0.15, 0.2) is 0 Å². The molecule has 16 heavy (non-hydrogen) atoms. The van der Waals surface area contributed by atoms with Gasteiger partial charge in [0.2, 0.25) is 0 Å². The molecule has 2 aromatic rings. The minimum absolute atomic E-state index is 0.327. The van der Waals surface area contributed by atoms with E-state index in [4.69, 9.17) is 16.3 Å². The van der Waals surface area contributed by atoms with Crippen molar-refractivity contribution in [3.63, 3.8) is 0 Å². The van der Waals surface area contributed by atoms with Crippen LogP contribution in [0.1, 0.15) is 10.4 Å². The molecule has 6 heteroatoms. The molecule has 0 amide bonds. The first-order valence-corrected chi connectivity index (χ1v) is 5.77. The lowest BCUT2D eigenvalue weighted by molar-refractivity contribution is 0.0602. The highest BCUT2D eigenvalue weighted by molar-refractivity contribution is 14.1. The van der Waals surface area contributed by atoms with Crippen LogP contribution in [0.15, 0.2) is 18.5 Å². The number of ether oxygens (including phenoxy) is 1. The zero-order valence-corrected chi connectivity index (χ0v) is 11.1. The summed E-state index contributed by atoms with van der Waals surface area (Å²) in [4.78, 5) is 19.5. The smallest absolute Gasteiger partial charge is 0.340 e. The van der Waals surface area contributed by atoms with Crippen molar-refractivity contribution in [3.8, 4) is 0 Å². The Morgan fingerprint density at radius 3 is 2.88 bits per heavy atom. The highest BCUT2D eigenvalue weighted by atomic mass is 127. The van der Waals surface area contributed by atoms with Crippen LogP contribution in [0.25, 0.3) is 10.9 Å². The second-order valence-electron chi connectivity index (χ2n) is 3.01. The van der Waals surface area contributed by atoms with Crippen LogP contribution in [0.3, 0.4) is 0 Å². The number of esters is 1. The number of halogens is 2. The molecular weight excluding hydrogens is 342 g/mol. The number of fused-ring (bicyclic) bond motifs is 1. The molecule has 0 aliphatic carbocycles. The Morgan fingerprint density at radius 2 is 2.19 bits per heavy atom. The average Bonchev–Trinajstić information content (AvgIpc) is 2.28. The predicted octanol–water partition coefficient (Wildman–Crippen LogP) is 2.67. The number of nitrogens with zero attached hydrogens (tertiary/aromatic N) is 2. The van der Waals surface area contributed by atoms with Crippen molar-refractivity contribution in [2.24, 2.45) is 0 Å². The first-order valence-electron chi connectivity index (χ1n) is 4.31. The molecular formula is C10H6ClIN2O2. The lowest BCUT2D eigenvalue weighted by Gasteiger charge is -2.05. The summed E-state index contributed by atoms with van der Waals surface area (Å²) in [5.74, 6) is -0.432. The molecule has 0 unspecified atom stereocenters. The molecule has 82 valence electrons. The Morgan fingerprint density at radius 1 is 1.44 bits per heavy atom. The molecule has 0 aliphatic rings. The van der Waals surface area contributed by atoms with E-state index in [0.717, 1.165) is 3.57 Å². The van der Waals surface area contributed by atoms with Crippen molar-refractivity contribution in [2.45, 2.75) is 0 Å². The van der Waals surface area contributed by atoms with E-state index in [1.807, 2.05) is 6.07 Å². The molecule has 0 N–H and O–H groups in total. The van der Waals surface area contributed by atoms with Gasteiger partial charge in [-0.25, -0.2) is 14.8 Å². The molecule has 4 nitrogen and oxygen atoms in total. The zero-order valence-electron chi connectivity index (χ0n) is 8.20. The van der Waals surface area contributed by atoms with E-state index in [2.05, 4.69) is 32.6 Å². The van der Waals surface area contributed by atoms with Crippen molar-refractivity contribution in [3.05, 3.63) is 32.7 Å². The van der Waals surface area contributed by atoms with Crippen LogP contribution in [0.2, 0.25) is 5.15 Å². The van der Waals surface area contributed by atoms with Crippen LogP contribution in [-0.2, 0) is 4.74 Å². The van der Waals surface area contributed by atoms with Gasteiger partial charge in [-0.3, -0.25) is 0 Å². The standard InChI is InChI=1S/C10H6ClIN2O2/c1-16-10(15)7-3-5(12)2-6-8(7)13-4-14-9(6)11/h2-4H,1H3. The van der Waals surface area contributed by atoms with Gasteiger partial charge in [0.05, 0.1) is 18.2 Å². The van der Waals surface area contributed by atoms with Gasteiger partial charge in [-0.15, -0.1) is 0 Å². The molecule has 0 radical (unpaired) electrons. The summed E-state index contributed by atoms with van der Waals surface area (Å²) in [7, 11) is 1.33. The molecule has 0 saturated heterocycles. The summed E-state index contributed by atoms with van der Waals surface area (Å²) in [6.45, 7) is 0.